The molecular formula is C15H20N4O. The lowest BCUT2D eigenvalue weighted by atomic mass is 9.96. The Morgan fingerprint density at radius 1 is 1.25 bits per heavy atom. The van der Waals surface area contributed by atoms with Crippen LogP contribution in [-0.2, 0) is 0 Å². The number of methoxy groups -OCH3 is 1. The number of hydrazine groups is 1. The van der Waals surface area contributed by atoms with Crippen LogP contribution < -0.4 is 16.0 Å². The van der Waals surface area contributed by atoms with Crippen LogP contribution >= 0.6 is 0 Å². The second-order valence-electron chi connectivity index (χ2n) is 4.83. The third-order valence-corrected chi connectivity index (χ3v) is 3.26. The summed E-state index contributed by atoms with van der Waals surface area (Å²) in [5.41, 5.74) is 6.91. The van der Waals surface area contributed by atoms with Crippen LogP contribution in [0.3, 0.4) is 0 Å². The maximum atomic E-state index is 5.75. The first-order valence-electron chi connectivity index (χ1n) is 6.47. The first-order chi connectivity index (χ1) is 9.56. The number of ether oxygens (including phenoxy) is 1. The molecular weight excluding hydrogens is 252 g/mol. The molecule has 0 aliphatic heterocycles. The van der Waals surface area contributed by atoms with E-state index in [9.17, 15) is 0 Å². The first kappa shape index (κ1) is 14.4. The third-order valence-electron chi connectivity index (χ3n) is 3.26. The Kier molecular flexibility index (Phi) is 4.32. The molecule has 0 bridgehead atoms. The standard InChI is InChI=1S/C15H20N4O/c1-9-7-10(2)14(13(8-9)20-4)15(19-16)12-5-6-17-11(3)18-12/h5-8,15,19H,16H2,1-4H3. The van der Waals surface area contributed by atoms with Crippen molar-refractivity contribution in [3.63, 3.8) is 0 Å². The summed E-state index contributed by atoms with van der Waals surface area (Å²) in [5, 5.41) is 0. The van der Waals surface area contributed by atoms with Gasteiger partial charge in [-0.3, -0.25) is 5.84 Å². The van der Waals surface area contributed by atoms with Gasteiger partial charge in [-0.25, -0.2) is 15.4 Å². The topological polar surface area (TPSA) is 73.1 Å². The number of hydrogen-bond donors (Lipinski definition) is 2. The molecule has 5 nitrogen and oxygen atoms in total. The largest absolute Gasteiger partial charge is 0.496 e. The molecule has 0 fully saturated rings. The van der Waals surface area contributed by atoms with Crippen molar-refractivity contribution in [1.29, 1.82) is 0 Å². The highest BCUT2D eigenvalue weighted by molar-refractivity contribution is 5.47. The molecule has 0 amide bonds. The first-order valence-corrected chi connectivity index (χ1v) is 6.47. The molecule has 106 valence electrons. The molecule has 1 heterocycles. The lowest BCUT2D eigenvalue weighted by Gasteiger charge is -2.21. The van der Waals surface area contributed by atoms with E-state index in [0.717, 1.165) is 28.1 Å². The molecule has 20 heavy (non-hydrogen) atoms. The molecule has 2 aromatic rings. The van der Waals surface area contributed by atoms with Gasteiger partial charge in [-0.2, -0.15) is 0 Å². The zero-order chi connectivity index (χ0) is 14.7. The average molecular weight is 272 g/mol. The van der Waals surface area contributed by atoms with E-state index in [1.807, 2.05) is 32.9 Å². The van der Waals surface area contributed by atoms with E-state index in [1.54, 1.807) is 13.3 Å². The van der Waals surface area contributed by atoms with Crippen molar-refractivity contribution in [3.8, 4) is 5.75 Å². The highest BCUT2D eigenvalue weighted by Crippen LogP contribution is 2.32. The fourth-order valence-corrected chi connectivity index (χ4v) is 2.43. The van der Waals surface area contributed by atoms with Gasteiger partial charge in [0.15, 0.2) is 0 Å². The van der Waals surface area contributed by atoms with Crippen molar-refractivity contribution < 1.29 is 4.74 Å². The van der Waals surface area contributed by atoms with Crippen LogP contribution in [-0.4, -0.2) is 17.1 Å². The Labute approximate surface area is 119 Å². The summed E-state index contributed by atoms with van der Waals surface area (Å²) in [6.45, 7) is 5.94. The minimum absolute atomic E-state index is 0.229. The van der Waals surface area contributed by atoms with Gasteiger partial charge in [0, 0.05) is 11.8 Å². The van der Waals surface area contributed by atoms with E-state index < -0.39 is 0 Å². The molecule has 0 aliphatic carbocycles. The molecule has 1 unspecified atom stereocenters. The van der Waals surface area contributed by atoms with Gasteiger partial charge in [0.1, 0.15) is 11.6 Å². The zero-order valence-electron chi connectivity index (χ0n) is 12.3. The summed E-state index contributed by atoms with van der Waals surface area (Å²) in [5.74, 6) is 7.27. The number of aromatic nitrogens is 2. The Morgan fingerprint density at radius 2 is 2.00 bits per heavy atom. The number of aryl methyl sites for hydroxylation is 3. The Hall–Kier alpha value is -1.98. The molecule has 0 aliphatic rings. The minimum Gasteiger partial charge on any atom is -0.496 e. The quantitative estimate of drug-likeness (QED) is 0.657. The minimum atomic E-state index is -0.229. The van der Waals surface area contributed by atoms with Gasteiger partial charge in [0.25, 0.3) is 0 Å². The van der Waals surface area contributed by atoms with Crippen LogP contribution in [0, 0.1) is 20.8 Å². The monoisotopic (exact) mass is 272 g/mol. The van der Waals surface area contributed by atoms with Crippen molar-refractivity contribution in [2.45, 2.75) is 26.8 Å². The molecule has 0 spiro atoms. The van der Waals surface area contributed by atoms with Crippen LogP contribution in [0.1, 0.15) is 34.3 Å². The van der Waals surface area contributed by atoms with E-state index in [-0.39, 0.29) is 6.04 Å². The smallest absolute Gasteiger partial charge is 0.125 e. The number of nitrogens with two attached hydrogens (primary N) is 1. The summed E-state index contributed by atoms with van der Waals surface area (Å²) in [6, 6.07) is 5.74. The maximum Gasteiger partial charge on any atom is 0.125 e. The van der Waals surface area contributed by atoms with Crippen molar-refractivity contribution >= 4 is 0 Å². The van der Waals surface area contributed by atoms with E-state index in [2.05, 4.69) is 21.5 Å². The van der Waals surface area contributed by atoms with Crippen LogP contribution in [0.15, 0.2) is 24.4 Å². The van der Waals surface area contributed by atoms with Gasteiger partial charge in [-0.15, -0.1) is 0 Å². The summed E-state index contributed by atoms with van der Waals surface area (Å²) in [6.07, 6.45) is 1.73. The number of nitrogens with one attached hydrogen (secondary N) is 1. The summed E-state index contributed by atoms with van der Waals surface area (Å²) in [4.78, 5) is 8.57. The average Bonchev–Trinajstić information content (AvgIpc) is 2.41. The van der Waals surface area contributed by atoms with E-state index in [4.69, 9.17) is 10.6 Å². The van der Waals surface area contributed by atoms with Crippen LogP contribution in [0.5, 0.6) is 5.75 Å². The normalized spacial score (nSPS) is 12.2. The van der Waals surface area contributed by atoms with Gasteiger partial charge in [0.05, 0.1) is 18.8 Å². The van der Waals surface area contributed by atoms with Crippen molar-refractivity contribution in [2.75, 3.05) is 7.11 Å². The predicted octanol–water partition coefficient (Wildman–Crippen LogP) is 1.96. The molecule has 3 N–H and O–H groups in total. The van der Waals surface area contributed by atoms with E-state index in [1.165, 1.54) is 0 Å². The second-order valence-corrected chi connectivity index (χ2v) is 4.83. The fraction of sp³-hybridized carbons (Fsp3) is 0.333. The SMILES string of the molecule is COc1cc(C)cc(C)c1C(NN)c1ccnc(C)n1. The van der Waals surface area contributed by atoms with Crippen molar-refractivity contribution in [1.82, 2.24) is 15.4 Å². The van der Waals surface area contributed by atoms with E-state index >= 15 is 0 Å². The lowest BCUT2D eigenvalue weighted by Crippen LogP contribution is -2.30. The summed E-state index contributed by atoms with van der Waals surface area (Å²) < 4.78 is 5.50. The zero-order valence-corrected chi connectivity index (χ0v) is 12.3. The lowest BCUT2D eigenvalue weighted by molar-refractivity contribution is 0.402. The molecule has 1 aromatic carbocycles. The van der Waals surface area contributed by atoms with Crippen LogP contribution in [0.2, 0.25) is 0 Å². The molecule has 0 saturated heterocycles. The van der Waals surface area contributed by atoms with Gasteiger partial charge in [0.2, 0.25) is 0 Å². The molecule has 1 atom stereocenters. The van der Waals surface area contributed by atoms with Gasteiger partial charge >= 0.3 is 0 Å². The Balaban J connectivity index is 2.57. The Morgan fingerprint density at radius 3 is 2.60 bits per heavy atom. The number of hydrogen-bond acceptors (Lipinski definition) is 5. The molecule has 0 saturated carbocycles. The summed E-state index contributed by atoms with van der Waals surface area (Å²) >= 11 is 0. The highest BCUT2D eigenvalue weighted by atomic mass is 16.5. The molecule has 0 radical (unpaired) electrons. The number of benzene rings is 1. The van der Waals surface area contributed by atoms with Crippen molar-refractivity contribution in [3.05, 3.63) is 52.6 Å². The second kappa shape index (κ2) is 5.98. The summed E-state index contributed by atoms with van der Waals surface area (Å²) in [7, 11) is 1.66. The molecule has 2 rings (SSSR count). The maximum absolute atomic E-state index is 5.75. The predicted molar refractivity (Wildman–Crippen MR) is 78.4 cm³/mol. The fourth-order valence-electron chi connectivity index (χ4n) is 2.43. The van der Waals surface area contributed by atoms with Crippen LogP contribution in [0.4, 0.5) is 0 Å². The molecule has 1 aromatic heterocycles. The van der Waals surface area contributed by atoms with Crippen LogP contribution in [0.25, 0.3) is 0 Å². The van der Waals surface area contributed by atoms with Crippen molar-refractivity contribution in [2.24, 2.45) is 5.84 Å². The molecule has 5 heteroatoms. The van der Waals surface area contributed by atoms with E-state index in [0.29, 0.717) is 5.82 Å². The van der Waals surface area contributed by atoms with Gasteiger partial charge < -0.3 is 4.74 Å². The third kappa shape index (κ3) is 2.79. The number of nitrogens with zero attached hydrogens (tertiary/aromatic N) is 2. The highest BCUT2D eigenvalue weighted by Gasteiger charge is 2.21. The Bertz CT molecular complexity index is 613. The van der Waals surface area contributed by atoms with Gasteiger partial charge in [-0.05, 0) is 44.0 Å². The number of rotatable bonds is 4. The van der Waals surface area contributed by atoms with Gasteiger partial charge in [-0.1, -0.05) is 6.07 Å².